The average Bonchev–Trinajstić information content (AvgIpc) is 2.72. The predicted octanol–water partition coefficient (Wildman–Crippen LogP) is 8.29. The van der Waals surface area contributed by atoms with E-state index in [1.807, 2.05) is 19.1 Å². The van der Waals surface area contributed by atoms with Crippen LogP contribution in [0.4, 0.5) is 0 Å². The Kier molecular flexibility index (Phi) is 9.17. The van der Waals surface area contributed by atoms with Gasteiger partial charge in [-0.2, -0.15) is 0 Å². The topological polar surface area (TPSA) is 18.5 Å². The summed E-state index contributed by atoms with van der Waals surface area (Å²) in [5.74, 6) is 2.36. The maximum absolute atomic E-state index is 5.95. The Bertz CT molecular complexity index is 776. The zero-order valence-electron chi connectivity index (χ0n) is 20.0. The standard InChI is InChI=1S/C28H40O2/c1-9-21(6)24-13-15-25(16-14-24)30-23(8)29-18-17-22(7)28-26(19(2)3)11-10-12-27(28)20(4)5/h10-16,19-21,23H,7,9,17-18H2,1-6,8H3. The molecule has 0 aromatic heterocycles. The van der Waals surface area contributed by atoms with Crippen molar-refractivity contribution in [3.05, 3.63) is 71.3 Å². The Hall–Kier alpha value is -2.06. The molecule has 2 atom stereocenters. The summed E-state index contributed by atoms with van der Waals surface area (Å²) in [4.78, 5) is 0. The molecule has 2 rings (SSSR count). The van der Waals surface area contributed by atoms with Crippen molar-refractivity contribution < 1.29 is 9.47 Å². The van der Waals surface area contributed by atoms with Gasteiger partial charge in [0, 0.05) is 0 Å². The van der Waals surface area contributed by atoms with Crippen LogP contribution in [0.5, 0.6) is 5.75 Å². The molecule has 0 aliphatic heterocycles. The molecule has 0 spiro atoms. The van der Waals surface area contributed by atoms with E-state index in [9.17, 15) is 0 Å². The lowest BCUT2D eigenvalue weighted by Gasteiger charge is -2.22. The quantitative estimate of drug-likeness (QED) is 0.348. The van der Waals surface area contributed by atoms with E-state index < -0.39 is 0 Å². The van der Waals surface area contributed by atoms with Gasteiger partial charge in [0.05, 0.1) is 6.61 Å². The van der Waals surface area contributed by atoms with Crippen molar-refractivity contribution in [1.29, 1.82) is 0 Å². The highest BCUT2D eigenvalue weighted by Gasteiger charge is 2.16. The Labute approximate surface area is 184 Å². The monoisotopic (exact) mass is 408 g/mol. The van der Waals surface area contributed by atoms with E-state index >= 15 is 0 Å². The van der Waals surface area contributed by atoms with Gasteiger partial charge in [0.1, 0.15) is 5.75 Å². The van der Waals surface area contributed by atoms with Crippen molar-refractivity contribution in [2.24, 2.45) is 0 Å². The molecule has 30 heavy (non-hydrogen) atoms. The van der Waals surface area contributed by atoms with Gasteiger partial charge >= 0.3 is 0 Å². The SMILES string of the molecule is C=C(CCOC(C)Oc1ccc(C(C)CC)cc1)c1c(C(C)C)cccc1C(C)C. The van der Waals surface area contributed by atoms with Gasteiger partial charge in [-0.05, 0) is 77.5 Å². The highest BCUT2D eigenvalue weighted by molar-refractivity contribution is 5.70. The van der Waals surface area contributed by atoms with Crippen molar-refractivity contribution in [1.82, 2.24) is 0 Å². The lowest BCUT2D eigenvalue weighted by atomic mass is 9.84. The molecule has 2 heteroatoms. The fourth-order valence-corrected chi connectivity index (χ4v) is 3.77. The van der Waals surface area contributed by atoms with Crippen molar-refractivity contribution in [2.75, 3.05) is 6.61 Å². The van der Waals surface area contributed by atoms with Crippen LogP contribution in [0.1, 0.15) is 101 Å². The number of rotatable bonds is 11. The minimum atomic E-state index is -0.294. The molecular formula is C28H40O2. The maximum atomic E-state index is 5.95. The molecule has 2 unspecified atom stereocenters. The Balaban J connectivity index is 1.94. The molecule has 0 aliphatic carbocycles. The number of hydrogen-bond donors (Lipinski definition) is 0. The summed E-state index contributed by atoms with van der Waals surface area (Å²) < 4.78 is 11.9. The van der Waals surface area contributed by atoms with Crippen LogP contribution in [0.25, 0.3) is 5.57 Å². The van der Waals surface area contributed by atoms with Gasteiger partial charge in [0.2, 0.25) is 0 Å². The fraction of sp³-hybridized carbons (Fsp3) is 0.500. The smallest absolute Gasteiger partial charge is 0.196 e. The minimum Gasteiger partial charge on any atom is -0.465 e. The van der Waals surface area contributed by atoms with Crippen LogP contribution in [-0.4, -0.2) is 12.9 Å². The van der Waals surface area contributed by atoms with Gasteiger partial charge in [0.25, 0.3) is 0 Å². The van der Waals surface area contributed by atoms with Crippen LogP contribution >= 0.6 is 0 Å². The molecule has 0 heterocycles. The van der Waals surface area contributed by atoms with E-state index in [2.05, 4.69) is 78.5 Å². The van der Waals surface area contributed by atoms with Crippen LogP contribution in [0, 0.1) is 0 Å². The molecule has 2 aromatic rings. The highest BCUT2D eigenvalue weighted by Crippen LogP contribution is 2.33. The zero-order chi connectivity index (χ0) is 22.3. The van der Waals surface area contributed by atoms with Gasteiger partial charge in [-0.3, -0.25) is 0 Å². The normalized spacial score (nSPS) is 13.5. The van der Waals surface area contributed by atoms with E-state index in [1.165, 1.54) is 22.3 Å². The van der Waals surface area contributed by atoms with Crippen LogP contribution in [0.2, 0.25) is 0 Å². The zero-order valence-corrected chi connectivity index (χ0v) is 20.0. The Morgan fingerprint density at radius 2 is 1.43 bits per heavy atom. The van der Waals surface area contributed by atoms with E-state index in [1.54, 1.807) is 0 Å². The number of ether oxygens (including phenoxy) is 2. The predicted molar refractivity (Wildman–Crippen MR) is 129 cm³/mol. The molecule has 0 amide bonds. The Morgan fingerprint density at radius 1 is 0.867 bits per heavy atom. The van der Waals surface area contributed by atoms with Gasteiger partial charge < -0.3 is 9.47 Å². The Morgan fingerprint density at radius 3 is 1.93 bits per heavy atom. The summed E-state index contributed by atoms with van der Waals surface area (Å²) in [6.45, 7) is 20.4. The van der Waals surface area contributed by atoms with Crippen molar-refractivity contribution in [3.63, 3.8) is 0 Å². The molecule has 164 valence electrons. The van der Waals surface area contributed by atoms with Crippen LogP contribution in [0.3, 0.4) is 0 Å². The second-order valence-corrected chi connectivity index (χ2v) is 8.91. The fourth-order valence-electron chi connectivity index (χ4n) is 3.77. The third kappa shape index (κ3) is 6.47. The first-order chi connectivity index (χ1) is 14.2. The summed E-state index contributed by atoms with van der Waals surface area (Å²) >= 11 is 0. The van der Waals surface area contributed by atoms with Crippen molar-refractivity contribution in [3.8, 4) is 5.75 Å². The second kappa shape index (κ2) is 11.4. The van der Waals surface area contributed by atoms with E-state index in [4.69, 9.17) is 9.47 Å². The van der Waals surface area contributed by atoms with E-state index in [0.29, 0.717) is 24.4 Å². The maximum Gasteiger partial charge on any atom is 0.196 e. The average molecular weight is 409 g/mol. The van der Waals surface area contributed by atoms with Crippen molar-refractivity contribution >= 4 is 5.57 Å². The molecule has 0 fully saturated rings. The first-order valence-corrected chi connectivity index (χ1v) is 11.4. The third-order valence-electron chi connectivity index (χ3n) is 5.85. The second-order valence-electron chi connectivity index (χ2n) is 8.91. The van der Waals surface area contributed by atoms with E-state index in [-0.39, 0.29) is 6.29 Å². The van der Waals surface area contributed by atoms with Crippen LogP contribution in [-0.2, 0) is 4.74 Å². The van der Waals surface area contributed by atoms with Gasteiger partial charge in [-0.1, -0.05) is 78.5 Å². The molecule has 0 radical (unpaired) electrons. The molecule has 2 aromatic carbocycles. The summed E-state index contributed by atoms with van der Waals surface area (Å²) in [5, 5.41) is 0. The summed E-state index contributed by atoms with van der Waals surface area (Å²) in [6, 6.07) is 15.0. The highest BCUT2D eigenvalue weighted by atomic mass is 16.7. The molecule has 0 N–H and O–H groups in total. The van der Waals surface area contributed by atoms with Gasteiger partial charge in [0.15, 0.2) is 6.29 Å². The lowest BCUT2D eigenvalue weighted by Crippen LogP contribution is -2.17. The van der Waals surface area contributed by atoms with Crippen molar-refractivity contribution in [2.45, 2.75) is 85.4 Å². The molecule has 0 aliphatic rings. The number of benzene rings is 2. The molecular weight excluding hydrogens is 368 g/mol. The van der Waals surface area contributed by atoms with E-state index in [0.717, 1.165) is 24.2 Å². The van der Waals surface area contributed by atoms with Crippen LogP contribution in [0.15, 0.2) is 49.0 Å². The molecule has 2 nitrogen and oxygen atoms in total. The summed E-state index contributed by atoms with van der Waals surface area (Å²) in [6.07, 6.45) is 1.64. The minimum absolute atomic E-state index is 0.294. The summed E-state index contributed by atoms with van der Waals surface area (Å²) in [5.41, 5.74) is 6.56. The first kappa shape index (κ1) is 24.2. The van der Waals surface area contributed by atoms with Gasteiger partial charge in [-0.25, -0.2) is 0 Å². The van der Waals surface area contributed by atoms with Gasteiger partial charge in [-0.15, -0.1) is 0 Å². The number of hydrogen-bond acceptors (Lipinski definition) is 2. The molecule has 0 saturated carbocycles. The lowest BCUT2D eigenvalue weighted by molar-refractivity contribution is -0.0643. The van der Waals surface area contributed by atoms with Crippen LogP contribution < -0.4 is 4.74 Å². The molecule has 0 bridgehead atoms. The largest absolute Gasteiger partial charge is 0.465 e. The first-order valence-electron chi connectivity index (χ1n) is 11.4. The third-order valence-corrected chi connectivity index (χ3v) is 5.85. The summed E-state index contributed by atoms with van der Waals surface area (Å²) in [7, 11) is 0. The molecule has 0 saturated heterocycles.